The summed E-state index contributed by atoms with van der Waals surface area (Å²) in [7, 11) is -3.40. The summed E-state index contributed by atoms with van der Waals surface area (Å²) in [5.41, 5.74) is 2.43. The zero-order valence-corrected chi connectivity index (χ0v) is 15.8. The number of aromatic nitrogens is 2. The fourth-order valence-corrected chi connectivity index (χ4v) is 4.05. The normalized spacial score (nSPS) is 16.1. The van der Waals surface area contributed by atoms with E-state index in [0.29, 0.717) is 18.8 Å². The van der Waals surface area contributed by atoms with Crippen molar-refractivity contribution in [2.24, 2.45) is 0 Å². The topological polar surface area (TPSA) is 69.3 Å². The summed E-state index contributed by atoms with van der Waals surface area (Å²) in [5.74, 6) is 0.428. The maximum absolute atomic E-state index is 14.4. The summed E-state index contributed by atoms with van der Waals surface area (Å²) in [4.78, 5) is 12.2. The number of nitrogens with zero attached hydrogens (tertiary/aromatic N) is 3. The first-order valence-corrected chi connectivity index (χ1v) is 10.7. The molecule has 1 fully saturated rings. The molecule has 0 amide bonds. The third-order valence-electron chi connectivity index (χ3n) is 4.87. The monoisotopic (exact) mass is 388 g/mol. The van der Waals surface area contributed by atoms with Crippen LogP contribution < -0.4 is 4.90 Å². The highest BCUT2D eigenvalue weighted by atomic mass is 32.2. The maximum Gasteiger partial charge on any atom is 0.175 e. The van der Waals surface area contributed by atoms with Crippen molar-refractivity contribution in [2.75, 3.05) is 37.3 Å². The third-order valence-corrected chi connectivity index (χ3v) is 5.98. The molecule has 142 valence electrons. The van der Waals surface area contributed by atoms with Crippen molar-refractivity contribution < 1.29 is 12.8 Å². The number of fused-ring (bicyclic) bond motifs is 1. The molecule has 1 aromatic heterocycles. The van der Waals surface area contributed by atoms with Gasteiger partial charge in [-0.2, -0.15) is 0 Å². The van der Waals surface area contributed by atoms with Gasteiger partial charge in [-0.25, -0.2) is 17.8 Å². The number of hydrogen-bond donors (Lipinski definition) is 1. The molecule has 0 saturated carbocycles. The molecule has 0 spiro atoms. The second-order valence-corrected chi connectivity index (χ2v) is 8.86. The number of sulfone groups is 1. The van der Waals surface area contributed by atoms with E-state index in [9.17, 15) is 12.8 Å². The van der Waals surface area contributed by atoms with Gasteiger partial charge in [0.1, 0.15) is 11.6 Å². The Morgan fingerprint density at radius 3 is 2.52 bits per heavy atom. The maximum atomic E-state index is 14.4. The molecular formula is C19H21FN4O2S. The molecule has 2 aromatic carbocycles. The van der Waals surface area contributed by atoms with Crippen molar-refractivity contribution in [3.8, 4) is 0 Å². The smallest absolute Gasteiger partial charge is 0.175 e. The number of imidazole rings is 1. The molecule has 0 radical (unpaired) electrons. The van der Waals surface area contributed by atoms with E-state index in [0.717, 1.165) is 48.8 Å². The molecule has 1 aliphatic heterocycles. The van der Waals surface area contributed by atoms with E-state index in [1.54, 1.807) is 6.07 Å². The van der Waals surface area contributed by atoms with Gasteiger partial charge in [-0.05, 0) is 30.3 Å². The Hall–Kier alpha value is -2.45. The van der Waals surface area contributed by atoms with Gasteiger partial charge in [0.25, 0.3) is 0 Å². The number of para-hydroxylation sites is 2. The van der Waals surface area contributed by atoms with Crippen LogP contribution in [0.5, 0.6) is 0 Å². The largest absolute Gasteiger partial charge is 0.367 e. The van der Waals surface area contributed by atoms with Gasteiger partial charge in [-0.3, -0.25) is 4.90 Å². The predicted octanol–water partition coefficient (Wildman–Crippen LogP) is 2.43. The van der Waals surface area contributed by atoms with Crippen molar-refractivity contribution in [3.63, 3.8) is 0 Å². The Bertz CT molecular complexity index is 1040. The van der Waals surface area contributed by atoms with Crippen LogP contribution in [0.2, 0.25) is 0 Å². The minimum absolute atomic E-state index is 0.00673. The molecule has 6 nitrogen and oxygen atoms in total. The van der Waals surface area contributed by atoms with Crippen LogP contribution in [0.3, 0.4) is 0 Å². The fraction of sp³-hybridized carbons (Fsp3) is 0.316. The predicted molar refractivity (Wildman–Crippen MR) is 103 cm³/mol. The number of H-pyrrole nitrogens is 1. The van der Waals surface area contributed by atoms with E-state index >= 15 is 0 Å². The molecule has 2 heterocycles. The van der Waals surface area contributed by atoms with E-state index < -0.39 is 15.7 Å². The summed E-state index contributed by atoms with van der Waals surface area (Å²) in [5, 5.41) is 0. The first kappa shape index (κ1) is 17.9. The van der Waals surface area contributed by atoms with E-state index in [1.807, 2.05) is 29.2 Å². The summed E-state index contributed by atoms with van der Waals surface area (Å²) in [6.45, 7) is 3.64. The fourth-order valence-electron chi connectivity index (χ4n) is 3.41. The minimum Gasteiger partial charge on any atom is -0.367 e. The lowest BCUT2D eigenvalue weighted by molar-refractivity contribution is 0.244. The summed E-state index contributed by atoms with van der Waals surface area (Å²) in [6, 6.07) is 12.1. The second kappa shape index (κ2) is 6.94. The van der Waals surface area contributed by atoms with Gasteiger partial charge in [-0.1, -0.05) is 12.1 Å². The lowest BCUT2D eigenvalue weighted by atomic mass is 10.2. The molecule has 0 bridgehead atoms. The number of halogens is 1. The summed E-state index contributed by atoms with van der Waals surface area (Å²) < 4.78 is 37.5. The highest BCUT2D eigenvalue weighted by Crippen LogP contribution is 2.24. The molecule has 3 aromatic rings. The number of piperazine rings is 1. The third kappa shape index (κ3) is 3.81. The van der Waals surface area contributed by atoms with Gasteiger partial charge in [0.15, 0.2) is 9.84 Å². The highest BCUT2D eigenvalue weighted by Gasteiger charge is 2.21. The average Bonchev–Trinajstić information content (AvgIpc) is 3.04. The Morgan fingerprint density at radius 1 is 1.11 bits per heavy atom. The molecule has 0 aliphatic carbocycles. The van der Waals surface area contributed by atoms with Crippen molar-refractivity contribution in [2.45, 2.75) is 11.4 Å². The van der Waals surface area contributed by atoms with Crippen LogP contribution in [0.15, 0.2) is 47.4 Å². The standard InChI is InChI=1S/C19H21FN4O2S/c1-27(25,26)14-6-7-18(15(20)12-14)24-10-8-23(9-11-24)13-19-21-16-4-2-3-5-17(16)22-19/h2-7,12H,8-11,13H2,1H3,(H,21,22). The van der Waals surface area contributed by atoms with Crippen molar-refractivity contribution >= 4 is 26.6 Å². The quantitative estimate of drug-likeness (QED) is 0.743. The Morgan fingerprint density at radius 2 is 1.85 bits per heavy atom. The number of hydrogen-bond acceptors (Lipinski definition) is 5. The van der Waals surface area contributed by atoms with Crippen LogP contribution in [-0.2, 0) is 16.4 Å². The van der Waals surface area contributed by atoms with Gasteiger partial charge < -0.3 is 9.88 Å². The molecule has 0 unspecified atom stereocenters. The first-order valence-electron chi connectivity index (χ1n) is 8.81. The molecule has 8 heteroatoms. The number of nitrogens with one attached hydrogen (secondary N) is 1. The average molecular weight is 388 g/mol. The summed E-state index contributed by atoms with van der Waals surface area (Å²) in [6.07, 6.45) is 1.08. The van der Waals surface area contributed by atoms with E-state index in [-0.39, 0.29) is 4.90 Å². The van der Waals surface area contributed by atoms with Gasteiger partial charge in [-0.15, -0.1) is 0 Å². The van der Waals surface area contributed by atoms with E-state index in [4.69, 9.17) is 0 Å². The zero-order valence-electron chi connectivity index (χ0n) is 15.0. The van der Waals surface area contributed by atoms with Crippen LogP contribution in [-0.4, -0.2) is 55.7 Å². The Labute approximate surface area is 157 Å². The number of anilines is 1. The number of rotatable bonds is 4. The lowest BCUT2D eigenvalue weighted by Gasteiger charge is -2.35. The van der Waals surface area contributed by atoms with Crippen LogP contribution in [0.25, 0.3) is 11.0 Å². The molecule has 4 rings (SSSR count). The molecular weight excluding hydrogens is 367 g/mol. The van der Waals surface area contributed by atoms with E-state index in [2.05, 4.69) is 14.9 Å². The molecule has 1 saturated heterocycles. The highest BCUT2D eigenvalue weighted by molar-refractivity contribution is 7.90. The van der Waals surface area contributed by atoms with Crippen molar-refractivity contribution in [1.82, 2.24) is 14.9 Å². The SMILES string of the molecule is CS(=O)(=O)c1ccc(N2CCN(Cc3nc4ccccc4[nH]3)CC2)c(F)c1. The van der Waals surface area contributed by atoms with Gasteiger partial charge in [0.2, 0.25) is 0 Å². The van der Waals surface area contributed by atoms with Crippen molar-refractivity contribution in [3.05, 3.63) is 54.1 Å². The van der Waals surface area contributed by atoms with E-state index in [1.165, 1.54) is 6.07 Å². The van der Waals surface area contributed by atoms with Gasteiger partial charge >= 0.3 is 0 Å². The summed E-state index contributed by atoms with van der Waals surface area (Å²) >= 11 is 0. The first-order chi connectivity index (χ1) is 12.9. The van der Waals surface area contributed by atoms with Crippen LogP contribution in [0, 0.1) is 5.82 Å². The molecule has 1 N–H and O–H groups in total. The van der Waals surface area contributed by atoms with Gasteiger partial charge in [0.05, 0.1) is 28.2 Å². The molecule has 1 aliphatic rings. The van der Waals surface area contributed by atoms with Crippen LogP contribution in [0.4, 0.5) is 10.1 Å². The van der Waals surface area contributed by atoms with Crippen LogP contribution in [0.1, 0.15) is 5.82 Å². The van der Waals surface area contributed by atoms with Crippen LogP contribution >= 0.6 is 0 Å². The Balaban J connectivity index is 1.41. The zero-order chi connectivity index (χ0) is 19.0. The Kier molecular flexibility index (Phi) is 4.61. The van der Waals surface area contributed by atoms with Crippen molar-refractivity contribution in [1.29, 1.82) is 0 Å². The van der Waals surface area contributed by atoms with Gasteiger partial charge in [0, 0.05) is 32.4 Å². The lowest BCUT2D eigenvalue weighted by Crippen LogP contribution is -2.46. The minimum atomic E-state index is -3.40. The number of aromatic amines is 1. The number of benzene rings is 2. The molecule has 27 heavy (non-hydrogen) atoms. The second-order valence-electron chi connectivity index (χ2n) is 6.85. The molecule has 0 atom stereocenters.